The van der Waals surface area contributed by atoms with Gasteiger partial charge in [0.15, 0.2) is 0 Å². The van der Waals surface area contributed by atoms with Gasteiger partial charge in [-0.15, -0.1) is 0 Å². The van der Waals surface area contributed by atoms with E-state index in [1.807, 2.05) is 6.92 Å². The Morgan fingerprint density at radius 3 is 2.63 bits per heavy atom. The molecule has 0 bridgehead atoms. The standard InChI is InChI=1S/C13H18N2O3S/c1-4-13(16)15-8-7-10-9-11(5-6-12(10)15)19(17,18)14(2)3/h5-6,9H,4,7-8H2,1-3H3. The van der Waals surface area contributed by atoms with Crippen LogP contribution in [0.2, 0.25) is 0 Å². The van der Waals surface area contributed by atoms with E-state index in [0.29, 0.717) is 19.4 Å². The fourth-order valence-electron chi connectivity index (χ4n) is 2.20. The van der Waals surface area contributed by atoms with Crippen LogP contribution < -0.4 is 4.90 Å². The number of sulfonamides is 1. The predicted molar refractivity (Wildman–Crippen MR) is 73.7 cm³/mol. The first kappa shape index (κ1) is 14.0. The summed E-state index contributed by atoms with van der Waals surface area (Å²) in [6.45, 7) is 2.46. The Labute approximate surface area is 113 Å². The van der Waals surface area contributed by atoms with Gasteiger partial charge < -0.3 is 4.90 Å². The minimum atomic E-state index is -3.41. The maximum Gasteiger partial charge on any atom is 0.242 e. The van der Waals surface area contributed by atoms with Gasteiger partial charge in [0.2, 0.25) is 15.9 Å². The van der Waals surface area contributed by atoms with Crippen LogP contribution in [0.3, 0.4) is 0 Å². The molecule has 5 nitrogen and oxygen atoms in total. The number of fused-ring (bicyclic) bond motifs is 1. The number of rotatable bonds is 3. The molecule has 0 saturated carbocycles. The Morgan fingerprint density at radius 2 is 2.05 bits per heavy atom. The van der Waals surface area contributed by atoms with Crippen LogP contribution in [0.5, 0.6) is 0 Å². The lowest BCUT2D eigenvalue weighted by Gasteiger charge is -2.17. The van der Waals surface area contributed by atoms with Crippen LogP contribution in [-0.4, -0.2) is 39.3 Å². The summed E-state index contributed by atoms with van der Waals surface area (Å²) in [6.07, 6.45) is 1.16. The third-order valence-corrected chi connectivity index (χ3v) is 5.14. The van der Waals surface area contributed by atoms with Crippen molar-refractivity contribution in [1.82, 2.24) is 4.31 Å². The fraction of sp³-hybridized carbons (Fsp3) is 0.462. The van der Waals surface area contributed by atoms with Gasteiger partial charge in [0.05, 0.1) is 4.90 Å². The first-order valence-corrected chi connectivity index (χ1v) is 7.67. The van der Waals surface area contributed by atoms with E-state index in [1.54, 1.807) is 23.1 Å². The summed E-state index contributed by atoms with van der Waals surface area (Å²) >= 11 is 0. The number of amides is 1. The number of hydrogen-bond donors (Lipinski definition) is 0. The van der Waals surface area contributed by atoms with Gasteiger partial charge in [0.25, 0.3) is 0 Å². The van der Waals surface area contributed by atoms with Crippen molar-refractivity contribution in [3.05, 3.63) is 23.8 Å². The van der Waals surface area contributed by atoms with Crippen LogP contribution in [0, 0.1) is 0 Å². The van der Waals surface area contributed by atoms with E-state index < -0.39 is 10.0 Å². The van der Waals surface area contributed by atoms with Crippen molar-refractivity contribution in [3.63, 3.8) is 0 Å². The Balaban J connectivity index is 2.41. The molecule has 0 N–H and O–H groups in total. The third kappa shape index (κ3) is 2.37. The van der Waals surface area contributed by atoms with E-state index in [2.05, 4.69) is 0 Å². The number of anilines is 1. The quantitative estimate of drug-likeness (QED) is 0.838. The maximum absolute atomic E-state index is 12.0. The van der Waals surface area contributed by atoms with Crippen LogP contribution >= 0.6 is 0 Å². The molecular formula is C13H18N2O3S. The van der Waals surface area contributed by atoms with E-state index in [-0.39, 0.29) is 10.8 Å². The molecule has 0 atom stereocenters. The van der Waals surface area contributed by atoms with Gasteiger partial charge >= 0.3 is 0 Å². The Bertz CT molecular complexity index is 608. The Kier molecular flexibility index (Phi) is 3.64. The molecule has 104 valence electrons. The average molecular weight is 282 g/mol. The van der Waals surface area contributed by atoms with Crippen molar-refractivity contribution in [2.45, 2.75) is 24.7 Å². The summed E-state index contributed by atoms with van der Waals surface area (Å²) in [5.41, 5.74) is 1.76. The lowest BCUT2D eigenvalue weighted by atomic mass is 10.2. The molecule has 1 aromatic rings. The van der Waals surface area contributed by atoms with Gasteiger partial charge in [-0.05, 0) is 30.2 Å². The van der Waals surface area contributed by atoms with Gasteiger partial charge in [0, 0.05) is 32.7 Å². The zero-order valence-corrected chi connectivity index (χ0v) is 12.2. The number of benzene rings is 1. The minimum Gasteiger partial charge on any atom is -0.312 e. The molecule has 0 radical (unpaired) electrons. The first-order valence-electron chi connectivity index (χ1n) is 6.23. The van der Waals surface area contributed by atoms with Crippen LogP contribution in [0.15, 0.2) is 23.1 Å². The molecule has 0 aromatic heterocycles. The molecule has 1 aromatic carbocycles. The van der Waals surface area contributed by atoms with Gasteiger partial charge in [0.1, 0.15) is 0 Å². The van der Waals surface area contributed by atoms with Gasteiger partial charge in [-0.25, -0.2) is 12.7 Å². The van der Waals surface area contributed by atoms with Crippen LogP contribution in [0.1, 0.15) is 18.9 Å². The zero-order chi connectivity index (χ0) is 14.2. The maximum atomic E-state index is 12.0. The lowest BCUT2D eigenvalue weighted by Crippen LogP contribution is -2.27. The van der Waals surface area contributed by atoms with Crippen LogP contribution in [0.25, 0.3) is 0 Å². The second kappa shape index (κ2) is 4.94. The summed E-state index contributed by atoms with van der Waals surface area (Å²) in [4.78, 5) is 13.8. The monoisotopic (exact) mass is 282 g/mol. The second-order valence-electron chi connectivity index (χ2n) is 4.73. The van der Waals surface area contributed by atoms with Crippen LogP contribution in [0.4, 0.5) is 5.69 Å². The topological polar surface area (TPSA) is 57.7 Å². The van der Waals surface area contributed by atoms with E-state index in [4.69, 9.17) is 0 Å². The molecule has 0 fully saturated rings. The molecule has 2 rings (SSSR count). The predicted octanol–water partition coefficient (Wildman–Crippen LogP) is 1.24. The highest BCUT2D eigenvalue weighted by atomic mass is 32.2. The molecule has 1 aliphatic heterocycles. The molecule has 6 heteroatoms. The van der Waals surface area contributed by atoms with Gasteiger partial charge in [-0.2, -0.15) is 0 Å². The molecule has 19 heavy (non-hydrogen) atoms. The van der Waals surface area contributed by atoms with E-state index in [0.717, 1.165) is 11.3 Å². The first-order chi connectivity index (χ1) is 8.87. The molecule has 0 saturated heterocycles. The lowest BCUT2D eigenvalue weighted by molar-refractivity contribution is -0.118. The molecule has 0 spiro atoms. The van der Waals surface area contributed by atoms with Crippen LogP contribution in [-0.2, 0) is 21.2 Å². The van der Waals surface area contributed by atoms with Crippen molar-refractivity contribution in [2.75, 3.05) is 25.5 Å². The molecule has 0 aliphatic carbocycles. The minimum absolute atomic E-state index is 0.0713. The number of carbonyl (C=O) groups excluding carboxylic acids is 1. The number of nitrogens with zero attached hydrogens (tertiary/aromatic N) is 2. The van der Waals surface area contributed by atoms with E-state index in [9.17, 15) is 13.2 Å². The smallest absolute Gasteiger partial charge is 0.242 e. The summed E-state index contributed by atoms with van der Waals surface area (Å²) in [7, 11) is -0.393. The number of carbonyl (C=O) groups is 1. The molecule has 0 unspecified atom stereocenters. The molecule has 1 heterocycles. The number of hydrogen-bond acceptors (Lipinski definition) is 3. The van der Waals surface area contributed by atoms with Crippen molar-refractivity contribution >= 4 is 21.6 Å². The zero-order valence-electron chi connectivity index (χ0n) is 11.4. The summed E-state index contributed by atoms with van der Waals surface area (Å²) in [5.74, 6) is 0.0713. The Hall–Kier alpha value is -1.40. The highest BCUT2D eigenvalue weighted by molar-refractivity contribution is 7.89. The summed E-state index contributed by atoms with van der Waals surface area (Å²) in [6, 6.07) is 4.97. The molecule has 1 aliphatic rings. The average Bonchev–Trinajstić information content (AvgIpc) is 2.80. The van der Waals surface area contributed by atoms with Gasteiger partial charge in [-0.1, -0.05) is 6.92 Å². The largest absolute Gasteiger partial charge is 0.312 e. The van der Waals surface area contributed by atoms with Crippen molar-refractivity contribution in [1.29, 1.82) is 0 Å². The van der Waals surface area contributed by atoms with E-state index >= 15 is 0 Å². The van der Waals surface area contributed by atoms with Crippen molar-refractivity contribution in [2.24, 2.45) is 0 Å². The van der Waals surface area contributed by atoms with Crippen molar-refractivity contribution < 1.29 is 13.2 Å². The second-order valence-corrected chi connectivity index (χ2v) is 6.88. The van der Waals surface area contributed by atoms with E-state index in [1.165, 1.54) is 18.4 Å². The van der Waals surface area contributed by atoms with Gasteiger partial charge in [-0.3, -0.25) is 4.79 Å². The normalized spacial score (nSPS) is 14.8. The Morgan fingerprint density at radius 1 is 1.37 bits per heavy atom. The molecule has 1 amide bonds. The molecular weight excluding hydrogens is 264 g/mol. The SMILES string of the molecule is CCC(=O)N1CCc2cc(S(=O)(=O)N(C)C)ccc21. The third-order valence-electron chi connectivity index (χ3n) is 3.33. The summed E-state index contributed by atoms with van der Waals surface area (Å²) in [5, 5.41) is 0. The fourth-order valence-corrected chi connectivity index (χ4v) is 3.15. The van der Waals surface area contributed by atoms with Crippen molar-refractivity contribution in [3.8, 4) is 0 Å². The highest BCUT2D eigenvalue weighted by Crippen LogP contribution is 2.31. The summed E-state index contributed by atoms with van der Waals surface area (Å²) < 4.78 is 25.3. The highest BCUT2D eigenvalue weighted by Gasteiger charge is 2.26.